The Morgan fingerprint density at radius 2 is 1.25 bits per heavy atom. The molecule has 2 aromatic rings. The van der Waals surface area contributed by atoms with E-state index < -0.39 is 0 Å². The Labute approximate surface area is 180 Å². The van der Waals surface area contributed by atoms with Crippen molar-refractivity contribution in [1.82, 2.24) is 9.97 Å². The van der Waals surface area contributed by atoms with Gasteiger partial charge < -0.3 is 4.90 Å². The molecule has 1 aromatic carbocycles. The van der Waals surface area contributed by atoms with Gasteiger partial charge in [0, 0.05) is 24.6 Å². The molecule has 5 rings (SSSR count). The summed E-state index contributed by atoms with van der Waals surface area (Å²) in [6, 6.07) is 12.4. The maximum atomic E-state index is 4.81. The summed E-state index contributed by atoms with van der Waals surface area (Å²) >= 11 is 0. The first-order chi connectivity index (χ1) is 13.4. The largest absolute Gasteiger partial charge is 2.00 e. The van der Waals surface area contributed by atoms with Crippen LogP contribution in [-0.2, 0) is 17.1 Å². The van der Waals surface area contributed by atoms with Crippen molar-refractivity contribution in [1.29, 1.82) is 0 Å². The van der Waals surface area contributed by atoms with Gasteiger partial charge in [0.25, 0.3) is 0 Å². The molecule has 2 saturated carbocycles. The average Bonchev–Trinajstić information content (AvgIpc) is 3.53. The minimum Gasteiger partial charge on any atom is -0.341 e. The van der Waals surface area contributed by atoms with E-state index in [1.165, 1.54) is 12.8 Å². The monoisotopic (exact) mass is 409 g/mol. The van der Waals surface area contributed by atoms with Crippen molar-refractivity contribution >= 4 is 5.95 Å². The van der Waals surface area contributed by atoms with E-state index >= 15 is 0 Å². The van der Waals surface area contributed by atoms with Gasteiger partial charge in [0.2, 0.25) is 5.95 Å². The minimum absolute atomic E-state index is 0. The molecule has 0 bridgehead atoms. The molecule has 0 amide bonds. The Balaban J connectivity index is 0.000000329. The van der Waals surface area contributed by atoms with Crippen molar-refractivity contribution in [2.24, 2.45) is 0 Å². The standard InChI is InChI=1S/C19H18N3.C5H5.Fe/c1-2-8-15(9-3-1)17-14-18(16-10-4-5-11-16)21-19(20-17)22-12-6-7-13-22;1-2-4-5-3-1;/h1-5,8-11,14H,6-7,12-13H2;1-5H;/q;;+2. The number of nitrogens with zero attached hydrogens (tertiary/aromatic N) is 3. The first-order valence-electron chi connectivity index (χ1n) is 9.48. The van der Waals surface area contributed by atoms with Gasteiger partial charge in [-0.25, -0.2) is 9.97 Å². The summed E-state index contributed by atoms with van der Waals surface area (Å²) in [6.07, 6.45) is 20.8. The molecule has 28 heavy (non-hydrogen) atoms. The third kappa shape index (κ3) is 5.58. The zero-order chi connectivity index (χ0) is 18.3. The number of aromatic nitrogens is 2. The zero-order valence-corrected chi connectivity index (χ0v) is 16.8. The quantitative estimate of drug-likeness (QED) is 0.699. The summed E-state index contributed by atoms with van der Waals surface area (Å²) in [5.74, 6) is 2.01. The van der Waals surface area contributed by atoms with Gasteiger partial charge in [0.15, 0.2) is 0 Å². The molecule has 4 heteroatoms. The van der Waals surface area contributed by atoms with Gasteiger partial charge in [-0.05, 0) is 76.7 Å². The average molecular weight is 409 g/mol. The van der Waals surface area contributed by atoms with Gasteiger partial charge in [-0.1, -0.05) is 30.3 Å². The van der Waals surface area contributed by atoms with E-state index in [9.17, 15) is 0 Å². The molecule has 1 aromatic heterocycles. The van der Waals surface area contributed by atoms with Crippen LogP contribution in [0, 0.1) is 63.7 Å². The van der Waals surface area contributed by atoms with E-state index in [2.05, 4.69) is 60.9 Å². The fourth-order valence-corrected chi connectivity index (χ4v) is 3.26. The molecule has 10 radical (unpaired) electrons. The second-order valence-electron chi connectivity index (χ2n) is 6.63. The van der Waals surface area contributed by atoms with Gasteiger partial charge in [-0.3, -0.25) is 0 Å². The molecule has 2 aliphatic carbocycles. The van der Waals surface area contributed by atoms with E-state index in [0.717, 1.165) is 41.9 Å². The fraction of sp³-hybridized carbons (Fsp3) is 0.167. The van der Waals surface area contributed by atoms with Crippen LogP contribution in [0.5, 0.6) is 0 Å². The van der Waals surface area contributed by atoms with Crippen molar-refractivity contribution in [3.05, 3.63) is 106 Å². The Bertz CT molecular complexity index is 661. The minimum atomic E-state index is 0. The number of hydrogen-bond donors (Lipinski definition) is 0. The first-order valence-corrected chi connectivity index (χ1v) is 9.48. The van der Waals surface area contributed by atoms with E-state index in [4.69, 9.17) is 9.97 Å². The molecule has 3 nitrogen and oxygen atoms in total. The summed E-state index contributed by atoms with van der Waals surface area (Å²) in [7, 11) is 0. The smallest absolute Gasteiger partial charge is 0.341 e. The van der Waals surface area contributed by atoms with Gasteiger partial charge in [-0.2, -0.15) is 0 Å². The molecule has 3 fully saturated rings. The predicted octanol–water partition coefficient (Wildman–Crippen LogP) is 4.52. The molecule has 0 unspecified atom stereocenters. The predicted molar refractivity (Wildman–Crippen MR) is 110 cm³/mol. The topological polar surface area (TPSA) is 29.0 Å². The van der Waals surface area contributed by atoms with Crippen molar-refractivity contribution < 1.29 is 17.1 Å². The van der Waals surface area contributed by atoms with Crippen LogP contribution >= 0.6 is 0 Å². The Hall–Kier alpha value is -1.38. The van der Waals surface area contributed by atoms with Gasteiger partial charge >= 0.3 is 17.1 Å². The summed E-state index contributed by atoms with van der Waals surface area (Å²) < 4.78 is 0. The van der Waals surface area contributed by atoms with Crippen LogP contribution in [0.25, 0.3) is 11.3 Å². The van der Waals surface area contributed by atoms with E-state index in [1.807, 2.05) is 38.2 Å². The van der Waals surface area contributed by atoms with Crippen LogP contribution in [0.2, 0.25) is 0 Å². The molecule has 2 heterocycles. The Morgan fingerprint density at radius 3 is 1.86 bits per heavy atom. The van der Waals surface area contributed by atoms with Crippen LogP contribution in [0.15, 0.2) is 36.4 Å². The van der Waals surface area contributed by atoms with Crippen LogP contribution in [0.4, 0.5) is 5.95 Å². The normalized spacial score (nSPS) is 19.2. The van der Waals surface area contributed by atoms with Gasteiger partial charge in [0.1, 0.15) is 0 Å². The summed E-state index contributed by atoms with van der Waals surface area (Å²) in [4.78, 5) is 11.9. The first kappa shape index (κ1) is 21.3. The van der Waals surface area contributed by atoms with Crippen LogP contribution in [0.3, 0.4) is 0 Å². The third-order valence-electron chi connectivity index (χ3n) is 4.69. The molecule has 1 aliphatic heterocycles. The second-order valence-corrected chi connectivity index (χ2v) is 6.63. The fourth-order valence-electron chi connectivity index (χ4n) is 3.26. The van der Waals surface area contributed by atoms with Crippen molar-refractivity contribution in [2.75, 3.05) is 18.0 Å². The molecule has 0 spiro atoms. The molecule has 0 atom stereocenters. The van der Waals surface area contributed by atoms with Crippen molar-refractivity contribution in [2.45, 2.75) is 12.8 Å². The van der Waals surface area contributed by atoms with Crippen LogP contribution in [0.1, 0.15) is 18.5 Å². The second kappa shape index (κ2) is 11.0. The number of hydrogen-bond acceptors (Lipinski definition) is 3. The third-order valence-corrected chi connectivity index (χ3v) is 4.69. The van der Waals surface area contributed by atoms with Gasteiger partial charge in [0.05, 0.1) is 11.4 Å². The molecular formula is C24H23FeN3+2. The molecule has 140 valence electrons. The molecular weight excluding hydrogens is 386 g/mol. The van der Waals surface area contributed by atoms with Crippen molar-refractivity contribution in [3.8, 4) is 11.3 Å². The maximum absolute atomic E-state index is 4.81. The molecule has 3 aliphatic rings. The number of rotatable bonds is 3. The van der Waals surface area contributed by atoms with Crippen LogP contribution < -0.4 is 4.90 Å². The van der Waals surface area contributed by atoms with E-state index in [-0.39, 0.29) is 17.1 Å². The zero-order valence-electron chi connectivity index (χ0n) is 15.7. The Morgan fingerprint density at radius 1 is 0.679 bits per heavy atom. The molecule has 0 N–H and O–H groups in total. The van der Waals surface area contributed by atoms with Crippen LogP contribution in [-0.4, -0.2) is 23.1 Å². The van der Waals surface area contributed by atoms with Gasteiger partial charge in [-0.15, -0.1) is 0 Å². The summed E-state index contributed by atoms with van der Waals surface area (Å²) in [5, 5.41) is 0. The molecule has 1 saturated heterocycles. The van der Waals surface area contributed by atoms with Crippen molar-refractivity contribution in [3.63, 3.8) is 0 Å². The van der Waals surface area contributed by atoms with E-state index in [1.54, 1.807) is 0 Å². The SMILES string of the molecule is [CH]1[CH][CH][CH][CH]1.[CH]1[CH][CH][C](c2cc(-c3ccccc3)nc(N3CCCC3)n2)[CH]1.[Fe+2]. The van der Waals surface area contributed by atoms with E-state index in [0.29, 0.717) is 0 Å². The summed E-state index contributed by atoms with van der Waals surface area (Å²) in [6.45, 7) is 2.11. The number of benzene rings is 1. The number of anilines is 1. The maximum Gasteiger partial charge on any atom is 2.00 e. The summed E-state index contributed by atoms with van der Waals surface area (Å²) in [5.41, 5.74) is 3.13. The Kier molecular flexibility index (Phi) is 8.36.